The molecule has 3 N–H and O–H groups in total. The highest BCUT2D eigenvalue weighted by Crippen LogP contribution is 2.35. The van der Waals surface area contributed by atoms with Crippen molar-refractivity contribution in [2.75, 3.05) is 25.5 Å². The third-order valence-electron chi connectivity index (χ3n) is 4.60. The number of anilines is 1. The molecular weight excluding hydrogens is 366 g/mol. The molecular formula is C16H24ClN3O4S. The smallest absolute Gasteiger partial charge is 0.246 e. The molecule has 1 aliphatic carbocycles. The predicted molar refractivity (Wildman–Crippen MR) is 97.6 cm³/mol. The predicted octanol–water partition coefficient (Wildman–Crippen LogP) is 1.72. The van der Waals surface area contributed by atoms with Crippen LogP contribution < -0.4 is 15.8 Å². The summed E-state index contributed by atoms with van der Waals surface area (Å²) in [6.07, 6.45) is 4.04. The minimum absolute atomic E-state index is 0. The molecule has 3 rings (SSSR count). The van der Waals surface area contributed by atoms with Gasteiger partial charge in [0.1, 0.15) is 10.6 Å². The number of carbonyl (C=O) groups is 1. The first-order chi connectivity index (χ1) is 11.4. The minimum Gasteiger partial charge on any atom is -0.495 e. The lowest BCUT2D eigenvalue weighted by Crippen LogP contribution is -2.38. The summed E-state index contributed by atoms with van der Waals surface area (Å²) in [4.78, 5) is 12.2. The second kappa shape index (κ2) is 7.49. The van der Waals surface area contributed by atoms with Gasteiger partial charge in [0.05, 0.1) is 12.6 Å². The van der Waals surface area contributed by atoms with Gasteiger partial charge in [-0.15, -0.1) is 12.4 Å². The summed E-state index contributed by atoms with van der Waals surface area (Å²) in [5.74, 6) is -0.0126. The fraction of sp³-hybridized carbons (Fsp3) is 0.562. The van der Waals surface area contributed by atoms with Gasteiger partial charge in [0.2, 0.25) is 15.9 Å². The maximum absolute atomic E-state index is 12.9. The van der Waals surface area contributed by atoms with Crippen LogP contribution in [0.3, 0.4) is 0 Å². The number of nitrogens with two attached hydrogens (primary N) is 1. The molecule has 1 saturated carbocycles. The zero-order valence-electron chi connectivity index (χ0n) is 14.2. The first-order valence-electron chi connectivity index (χ1n) is 8.15. The molecule has 1 aromatic rings. The van der Waals surface area contributed by atoms with Crippen LogP contribution in [0.4, 0.5) is 5.69 Å². The summed E-state index contributed by atoms with van der Waals surface area (Å²) in [5, 5.41) is 2.71. The van der Waals surface area contributed by atoms with E-state index in [0.717, 1.165) is 19.3 Å². The number of benzene rings is 1. The third kappa shape index (κ3) is 4.08. The van der Waals surface area contributed by atoms with E-state index < -0.39 is 15.6 Å². The number of rotatable bonds is 5. The number of piperidine rings is 1. The SMILES string of the molecule is COc1ccc(NC(=O)C2(N)CC2)cc1S(=O)(=O)N1CCCCC1.Cl. The van der Waals surface area contributed by atoms with Gasteiger partial charge in [0.15, 0.2) is 0 Å². The van der Waals surface area contributed by atoms with Crippen molar-refractivity contribution in [1.29, 1.82) is 0 Å². The van der Waals surface area contributed by atoms with Gasteiger partial charge in [-0.1, -0.05) is 6.42 Å². The van der Waals surface area contributed by atoms with Gasteiger partial charge in [-0.25, -0.2) is 8.42 Å². The average molecular weight is 390 g/mol. The van der Waals surface area contributed by atoms with E-state index in [1.165, 1.54) is 17.5 Å². The number of ether oxygens (including phenoxy) is 1. The molecule has 9 heteroatoms. The molecule has 7 nitrogen and oxygen atoms in total. The molecule has 25 heavy (non-hydrogen) atoms. The van der Waals surface area contributed by atoms with Gasteiger partial charge in [0.25, 0.3) is 0 Å². The lowest BCUT2D eigenvalue weighted by molar-refractivity contribution is -0.118. The first-order valence-corrected chi connectivity index (χ1v) is 9.59. The molecule has 1 saturated heterocycles. The van der Waals surface area contributed by atoms with E-state index in [1.54, 1.807) is 12.1 Å². The van der Waals surface area contributed by atoms with Gasteiger partial charge in [-0.2, -0.15) is 4.31 Å². The van der Waals surface area contributed by atoms with Crippen molar-refractivity contribution in [3.8, 4) is 5.75 Å². The number of nitrogens with zero attached hydrogens (tertiary/aromatic N) is 1. The lowest BCUT2D eigenvalue weighted by Gasteiger charge is -2.26. The standard InChI is InChI=1S/C16H23N3O4S.ClH/c1-23-13-6-5-12(18-15(20)16(17)7-8-16)11-14(13)24(21,22)19-9-3-2-4-10-19;/h5-6,11H,2-4,7-10,17H2,1H3,(H,18,20);1H. The number of sulfonamides is 1. The average Bonchev–Trinajstić information content (AvgIpc) is 3.34. The van der Waals surface area contributed by atoms with E-state index in [4.69, 9.17) is 10.5 Å². The van der Waals surface area contributed by atoms with Crippen LogP contribution in [0.25, 0.3) is 0 Å². The molecule has 1 aliphatic heterocycles. The third-order valence-corrected chi connectivity index (χ3v) is 6.52. The normalized spacial score (nSPS) is 19.6. The number of hydrogen-bond donors (Lipinski definition) is 2. The van der Waals surface area contributed by atoms with Gasteiger partial charge in [-0.3, -0.25) is 4.79 Å². The van der Waals surface area contributed by atoms with Crippen molar-refractivity contribution in [3.05, 3.63) is 18.2 Å². The number of amides is 1. The highest BCUT2D eigenvalue weighted by atomic mass is 35.5. The maximum atomic E-state index is 12.9. The second-order valence-electron chi connectivity index (χ2n) is 6.44. The Balaban J connectivity index is 0.00000225. The number of carbonyl (C=O) groups excluding carboxylic acids is 1. The molecule has 0 spiro atoms. The topological polar surface area (TPSA) is 102 Å². The maximum Gasteiger partial charge on any atom is 0.246 e. The quantitative estimate of drug-likeness (QED) is 0.798. The van der Waals surface area contributed by atoms with E-state index >= 15 is 0 Å². The molecule has 0 radical (unpaired) electrons. The van der Waals surface area contributed by atoms with E-state index in [1.807, 2.05) is 0 Å². The Kier molecular flexibility index (Phi) is 5.98. The molecule has 1 aromatic carbocycles. The number of methoxy groups -OCH3 is 1. The first kappa shape index (κ1) is 20.0. The summed E-state index contributed by atoms with van der Waals surface area (Å²) in [6.45, 7) is 1.02. The number of halogens is 1. The van der Waals surface area contributed by atoms with Crippen LogP contribution in [0.1, 0.15) is 32.1 Å². The van der Waals surface area contributed by atoms with E-state index in [-0.39, 0.29) is 29.0 Å². The van der Waals surface area contributed by atoms with Crippen molar-refractivity contribution < 1.29 is 17.9 Å². The minimum atomic E-state index is -3.66. The largest absolute Gasteiger partial charge is 0.495 e. The van der Waals surface area contributed by atoms with Crippen molar-refractivity contribution in [2.45, 2.75) is 42.5 Å². The van der Waals surface area contributed by atoms with Crippen molar-refractivity contribution >= 4 is 34.0 Å². The van der Waals surface area contributed by atoms with Crippen LogP contribution in [0.5, 0.6) is 5.75 Å². The van der Waals surface area contributed by atoms with Gasteiger partial charge >= 0.3 is 0 Å². The molecule has 0 unspecified atom stereocenters. The summed E-state index contributed by atoms with van der Waals surface area (Å²) >= 11 is 0. The number of nitrogens with one attached hydrogen (secondary N) is 1. The molecule has 2 fully saturated rings. The van der Waals surface area contributed by atoms with Crippen LogP contribution in [0.15, 0.2) is 23.1 Å². The summed E-state index contributed by atoms with van der Waals surface area (Å²) in [5.41, 5.74) is 5.47. The summed E-state index contributed by atoms with van der Waals surface area (Å²) < 4.78 is 32.5. The van der Waals surface area contributed by atoms with Crippen LogP contribution >= 0.6 is 12.4 Å². The van der Waals surface area contributed by atoms with Crippen LogP contribution in [0, 0.1) is 0 Å². The zero-order valence-corrected chi connectivity index (χ0v) is 15.8. The highest BCUT2D eigenvalue weighted by Gasteiger charge is 2.46. The Morgan fingerprint density at radius 1 is 1.24 bits per heavy atom. The Morgan fingerprint density at radius 2 is 1.88 bits per heavy atom. The van der Waals surface area contributed by atoms with Crippen molar-refractivity contribution in [3.63, 3.8) is 0 Å². The van der Waals surface area contributed by atoms with Gasteiger partial charge < -0.3 is 15.8 Å². The van der Waals surface area contributed by atoms with Gasteiger partial charge in [-0.05, 0) is 43.9 Å². The molecule has 140 valence electrons. The molecule has 1 amide bonds. The molecule has 2 aliphatic rings. The van der Waals surface area contributed by atoms with E-state index in [9.17, 15) is 13.2 Å². The molecule has 0 aromatic heterocycles. The van der Waals surface area contributed by atoms with E-state index in [2.05, 4.69) is 5.32 Å². The zero-order chi connectivity index (χ0) is 17.4. The Morgan fingerprint density at radius 3 is 2.44 bits per heavy atom. The Bertz CT molecular complexity index is 744. The van der Waals surface area contributed by atoms with Gasteiger partial charge in [0, 0.05) is 18.8 Å². The highest BCUT2D eigenvalue weighted by molar-refractivity contribution is 7.89. The van der Waals surface area contributed by atoms with E-state index in [0.29, 0.717) is 31.6 Å². The lowest BCUT2D eigenvalue weighted by atomic mass is 10.2. The molecule has 1 heterocycles. The van der Waals surface area contributed by atoms with Crippen LogP contribution in [-0.2, 0) is 14.8 Å². The van der Waals surface area contributed by atoms with Crippen molar-refractivity contribution in [2.24, 2.45) is 5.73 Å². The fourth-order valence-corrected chi connectivity index (χ4v) is 4.52. The van der Waals surface area contributed by atoms with Crippen molar-refractivity contribution in [1.82, 2.24) is 4.31 Å². The number of hydrogen-bond acceptors (Lipinski definition) is 5. The fourth-order valence-electron chi connectivity index (χ4n) is 2.82. The summed E-state index contributed by atoms with van der Waals surface area (Å²) in [6, 6.07) is 4.63. The Labute approximate surface area is 154 Å². The second-order valence-corrected chi connectivity index (χ2v) is 8.35. The molecule has 0 atom stereocenters. The van der Waals surface area contributed by atoms with Crippen LogP contribution in [-0.4, -0.2) is 44.4 Å². The monoisotopic (exact) mass is 389 g/mol. The molecule has 0 bridgehead atoms. The summed E-state index contributed by atoms with van der Waals surface area (Å²) in [7, 11) is -2.22. The van der Waals surface area contributed by atoms with Crippen LogP contribution in [0.2, 0.25) is 0 Å². The Hall–Kier alpha value is -1.35.